The van der Waals surface area contributed by atoms with E-state index in [1.54, 1.807) is 18.2 Å². The average molecular weight is 270 g/mol. The van der Waals surface area contributed by atoms with E-state index in [-0.39, 0.29) is 17.9 Å². The summed E-state index contributed by atoms with van der Waals surface area (Å²) >= 11 is 0. The van der Waals surface area contributed by atoms with Gasteiger partial charge in [0.05, 0.1) is 0 Å². The van der Waals surface area contributed by atoms with E-state index < -0.39 is 5.92 Å². The molecule has 0 saturated carbocycles. The molecule has 0 amide bonds. The Hall–Kier alpha value is -1.42. The lowest BCUT2D eigenvalue weighted by molar-refractivity contribution is -0.0188. The van der Waals surface area contributed by atoms with E-state index in [1.807, 2.05) is 6.92 Å². The van der Waals surface area contributed by atoms with E-state index in [4.69, 9.17) is 5.73 Å². The molecule has 2 nitrogen and oxygen atoms in total. The number of halogens is 2. The normalized spacial score (nSPS) is 12.2. The lowest BCUT2D eigenvalue weighted by Gasteiger charge is -2.18. The van der Waals surface area contributed by atoms with Crippen LogP contribution >= 0.6 is 0 Å². The molecule has 1 aromatic rings. The summed E-state index contributed by atoms with van der Waals surface area (Å²) in [5.41, 5.74) is 10.1. The highest BCUT2D eigenvalue weighted by atomic mass is 19.3. The van der Waals surface area contributed by atoms with E-state index in [0.29, 0.717) is 13.0 Å². The van der Waals surface area contributed by atoms with Crippen LogP contribution in [0.1, 0.15) is 31.7 Å². The maximum Gasteiger partial charge on any atom is 0.273 e. The van der Waals surface area contributed by atoms with Crippen LogP contribution in [0.3, 0.4) is 0 Å². The summed E-state index contributed by atoms with van der Waals surface area (Å²) in [4.78, 5) is 0. The molecule has 0 aliphatic carbocycles. The van der Waals surface area contributed by atoms with Crippen molar-refractivity contribution in [3.63, 3.8) is 0 Å². The first-order valence-corrected chi connectivity index (χ1v) is 6.44. The van der Waals surface area contributed by atoms with Gasteiger partial charge in [-0.1, -0.05) is 43.8 Å². The Bertz CT molecular complexity index is 339. The van der Waals surface area contributed by atoms with Crippen molar-refractivity contribution < 1.29 is 8.78 Å². The highest BCUT2D eigenvalue weighted by Crippen LogP contribution is 2.34. The molecule has 0 aliphatic rings. The minimum absolute atomic E-state index is 0.0990. The van der Waals surface area contributed by atoms with Gasteiger partial charge in [-0.25, -0.2) is 8.78 Å². The van der Waals surface area contributed by atoms with Gasteiger partial charge in [0.1, 0.15) is 0 Å². The zero-order valence-corrected chi connectivity index (χ0v) is 11.5. The molecule has 19 heavy (non-hydrogen) atoms. The van der Waals surface area contributed by atoms with Gasteiger partial charge in [-0.15, -0.1) is 0 Å². The van der Waals surface area contributed by atoms with Gasteiger partial charge in [-0.2, -0.15) is 0 Å². The quantitative estimate of drug-likeness (QED) is 0.829. The number of nitrogens with two attached hydrogens (primary N) is 2. The fraction of sp³-hybridized carbons (Fsp3) is 0.467. The Labute approximate surface area is 114 Å². The SMILES string of the molecule is C=CN.CC(CCN)CCC(F)(F)c1ccccc1. The van der Waals surface area contributed by atoms with E-state index in [2.05, 4.69) is 12.3 Å². The van der Waals surface area contributed by atoms with Crippen LogP contribution < -0.4 is 11.5 Å². The molecule has 1 unspecified atom stereocenters. The molecule has 0 radical (unpaired) electrons. The first-order chi connectivity index (χ1) is 8.97. The molecule has 4 heteroatoms. The Morgan fingerprint density at radius 1 is 1.26 bits per heavy atom. The predicted molar refractivity (Wildman–Crippen MR) is 76.8 cm³/mol. The largest absolute Gasteiger partial charge is 0.405 e. The Morgan fingerprint density at radius 2 is 1.79 bits per heavy atom. The predicted octanol–water partition coefficient (Wildman–Crippen LogP) is 3.63. The third-order valence-electron chi connectivity index (χ3n) is 2.81. The van der Waals surface area contributed by atoms with Crippen molar-refractivity contribution >= 4 is 0 Å². The van der Waals surface area contributed by atoms with Gasteiger partial charge >= 0.3 is 0 Å². The van der Waals surface area contributed by atoms with Gasteiger partial charge in [-0.3, -0.25) is 0 Å². The van der Waals surface area contributed by atoms with Crippen molar-refractivity contribution in [1.29, 1.82) is 0 Å². The third-order valence-corrected chi connectivity index (χ3v) is 2.81. The van der Waals surface area contributed by atoms with Crippen LogP contribution in [0.4, 0.5) is 8.78 Å². The van der Waals surface area contributed by atoms with E-state index in [1.165, 1.54) is 18.3 Å². The summed E-state index contributed by atoms with van der Waals surface area (Å²) in [7, 11) is 0. The zero-order valence-electron chi connectivity index (χ0n) is 11.5. The van der Waals surface area contributed by atoms with E-state index in [9.17, 15) is 8.78 Å². The summed E-state index contributed by atoms with van der Waals surface area (Å²) in [5.74, 6) is -2.45. The molecule has 108 valence electrons. The highest BCUT2D eigenvalue weighted by molar-refractivity contribution is 5.19. The van der Waals surface area contributed by atoms with Crippen LogP contribution in [0.2, 0.25) is 0 Å². The summed E-state index contributed by atoms with van der Waals surface area (Å²) in [6, 6.07) is 8.00. The molecule has 1 atom stereocenters. The van der Waals surface area contributed by atoms with Crippen LogP contribution in [0.5, 0.6) is 0 Å². The lowest BCUT2D eigenvalue weighted by Crippen LogP contribution is -2.15. The van der Waals surface area contributed by atoms with Gasteiger partial charge in [0.2, 0.25) is 0 Å². The van der Waals surface area contributed by atoms with Crippen molar-refractivity contribution in [1.82, 2.24) is 0 Å². The van der Waals surface area contributed by atoms with Gasteiger partial charge in [0.25, 0.3) is 5.92 Å². The molecule has 0 aromatic heterocycles. The molecule has 1 rings (SSSR count). The zero-order chi connectivity index (χ0) is 14.7. The Balaban J connectivity index is 0.000000982. The number of alkyl halides is 2. The molecular formula is C15H24F2N2. The molecule has 1 aromatic carbocycles. The second-order valence-electron chi connectivity index (χ2n) is 4.53. The molecule has 0 saturated heterocycles. The van der Waals surface area contributed by atoms with Crippen molar-refractivity contribution in [3.05, 3.63) is 48.7 Å². The van der Waals surface area contributed by atoms with Crippen molar-refractivity contribution in [3.8, 4) is 0 Å². The van der Waals surface area contributed by atoms with Gasteiger partial charge < -0.3 is 11.5 Å². The maximum absolute atomic E-state index is 13.7. The molecule has 0 fully saturated rings. The molecule has 0 bridgehead atoms. The summed E-state index contributed by atoms with van der Waals surface area (Å²) < 4.78 is 27.5. The van der Waals surface area contributed by atoms with Crippen LogP contribution in [0.25, 0.3) is 0 Å². The fourth-order valence-corrected chi connectivity index (χ4v) is 1.68. The van der Waals surface area contributed by atoms with Crippen molar-refractivity contribution in [2.24, 2.45) is 17.4 Å². The maximum atomic E-state index is 13.7. The number of benzene rings is 1. The smallest absolute Gasteiger partial charge is 0.273 e. The van der Waals surface area contributed by atoms with Crippen LogP contribution in [0.15, 0.2) is 43.1 Å². The van der Waals surface area contributed by atoms with Crippen molar-refractivity contribution in [2.75, 3.05) is 6.54 Å². The summed E-state index contributed by atoms with van der Waals surface area (Å²) in [6.45, 7) is 5.67. The lowest BCUT2D eigenvalue weighted by atomic mass is 9.96. The highest BCUT2D eigenvalue weighted by Gasteiger charge is 2.30. The first kappa shape index (κ1) is 17.6. The topological polar surface area (TPSA) is 52.0 Å². The molecular weight excluding hydrogens is 246 g/mol. The molecule has 0 spiro atoms. The van der Waals surface area contributed by atoms with Crippen LogP contribution in [0, 0.1) is 5.92 Å². The third kappa shape index (κ3) is 7.57. The minimum atomic E-state index is -2.72. The number of hydrogen-bond acceptors (Lipinski definition) is 2. The molecule has 4 N–H and O–H groups in total. The van der Waals surface area contributed by atoms with Gasteiger partial charge in [0.15, 0.2) is 0 Å². The minimum Gasteiger partial charge on any atom is -0.405 e. The summed E-state index contributed by atoms with van der Waals surface area (Å²) in [5, 5.41) is 0. The van der Waals surface area contributed by atoms with Crippen LogP contribution in [-0.2, 0) is 5.92 Å². The standard InChI is InChI=1S/C13H19F2N.C2H5N/c1-11(8-10-16)7-9-13(14,15)12-5-3-2-4-6-12;1-2-3/h2-6,11H,7-10,16H2,1H3;2H,1,3H2. The Kier molecular flexibility index (Phi) is 8.79. The summed E-state index contributed by atoms with van der Waals surface area (Å²) in [6.07, 6.45) is 2.47. The van der Waals surface area contributed by atoms with Crippen LogP contribution in [-0.4, -0.2) is 6.54 Å². The van der Waals surface area contributed by atoms with E-state index in [0.717, 1.165) is 6.42 Å². The molecule has 0 heterocycles. The average Bonchev–Trinajstić information content (AvgIpc) is 2.39. The Morgan fingerprint density at radius 3 is 2.26 bits per heavy atom. The first-order valence-electron chi connectivity index (χ1n) is 6.44. The van der Waals surface area contributed by atoms with Gasteiger partial charge in [-0.05, 0) is 31.5 Å². The fourth-order valence-electron chi connectivity index (χ4n) is 1.68. The second-order valence-corrected chi connectivity index (χ2v) is 4.53. The molecule has 0 aliphatic heterocycles. The number of rotatable bonds is 6. The number of hydrogen-bond donors (Lipinski definition) is 2. The van der Waals surface area contributed by atoms with E-state index >= 15 is 0 Å². The monoisotopic (exact) mass is 270 g/mol. The van der Waals surface area contributed by atoms with Gasteiger partial charge in [0, 0.05) is 12.0 Å². The second kappa shape index (κ2) is 9.50. The van der Waals surface area contributed by atoms with Crippen molar-refractivity contribution in [2.45, 2.75) is 32.1 Å².